The van der Waals surface area contributed by atoms with E-state index >= 15 is 0 Å². The largest absolute Gasteiger partial charge is 0.458 e. The number of carbonyl (C=O) groups excluding carboxylic acids is 3. The van der Waals surface area contributed by atoms with Crippen molar-refractivity contribution in [1.29, 1.82) is 0 Å². The second-order valence-corrected chi connectivity index (χ2v) is 10.7. The Labute approximate surface area is 208 Å². The minimum absolute atomic E-state index is 0.138. The summed E-state index contributed by atoms with van der Waals surface area (Å²) in [5.74, 6) is -0.947. The summed E-state index contributed by atoms with van der Waals surface area (Å²) in [7, 11) is 1.55. The number of nitrogens with zero attached hydrogens (tertiary/aromatic N) is 1. The maximum atomic E-state index is 13.2. The van der Waals surface area contributed by atoms with Gasteiger partial charge in [0.15, 0.2) is 6.04 Å². The van der Waals surface area contributed by atoms with Gasteiger partial charge in [-0.15, -0.1) is 0 Å². The van der Waals surface area contributed by atoms with E-state index in [9.17, 15) is 14.4 Å². The van der Waals surface area contributed by atoms with Crippen molar-refractivity contribution >= 4 is 18.2 Å². The quantitative estimate of drug-likeness (QED) is 0.450. The van der Waals surface area contributed by atoms with Gasteiger partial charge >= 0.3 is 18.2 Å². The third-order valence-electron chi connectivity index (χ3n) is 5.21. The summed E-state index contributed by atoms with van der Waals surface area (Å²) in [6.45, 7) is 11.6. The zero-order valence-electron chi connectivity index (χ0n) is 22.0. The fourth-order valence-corrected chi connectivity index (χ4v) is 3.81. The molecule has 0 bridgehead atoms. The van der Waals surface area contributed by atoms with Crippen molar-refractivity contribution < 1.29 is 38.1 Å². The van der Waals surface area contributed by atoms with Gasteiger partial charge in [-0.2, -0.15) is 4.90 Å². The first-order chi connectivity index (χ1) is 16.2. The van der Waals surface area contributed by atoms with Crippen molar-refractivity contribution in [1.82, 2.24) is 4.90 Å². The Morgan fingerprint density at radius 1 is 0.971 bits per heavy atom. The fourth-order valence-electron chi connectivity index (χ4n) is 3.81. The summed E-state index contributed by atoms with van der Waals surface area (Å²) in [6.07, 6.45) is -2.53. The lowest BCUT2D eigenvalue weighted by molar-refractivity contribution is -0.162. The standard InChI is InChI=1S/C26H39NO8/c1-17-21(31-8)19(14-18-12-10-9-11-13-18)15-32-16-20(22(28)33-17)27(23(29)34-25(2,3)4)24(30)35-26(5,6)7/h9-13,17,19-21H,14-16H2,1-8H3/t17-,19-,20-,21-/m0/s1. The van der Waals surface area contributed by atoms with Crippen molar-refractivity contribution in [3.63, 3.8) is 0 Å². The van der Waals surface area contributed by atoms with Gasteiger partial charge < -0.3 is 23.7 Å². The van der Waals surface area contributed by atoms with Crippen LogP contribution in [0, 0.1) is 5.92 Å². The van der Waals surface area contributed by atoms with Crippen LogP contribution >= 0.6 is 0 Å². The molecule has 9 nitrogen and oxygen atoms in total. The maximum absolute atomic E-state index is 13.2. The summed E-state index contributed by atoms with van der Waals surface area (Å²) >= 11 is 0. The van der Waals surface area contributed by atoms with Crippen LogP contribution in [0.2, 0.25) is 0 Å². The predicted molar refractivity (Wildman–Crippen MR) is 129 cm³/mol. The minimum atomic E-state index is -1.39. The Hall–Kier alpha value is -2.65. The smallest absolute Gasteiger partial charge is 0.420 e. The molecule has 2 amide bonds. The van der Waals surface area contributed by atoms with Crippen LogP contribution in [0.1, 0.15) is 54.0 Å². The van der Waals surface area contributed by atoms with Crippen molar-refractivity contribution in [3.05, 3.63) is 35.9 Å². The van der Waals surface area contributed by atoms with Crippen LogP contribution < -0.4 is 0 Å². The Balaban J connectivity index is 2.35. The van der Waals surface area contributed by atoms with Crippen molar-refractivity contribution in [3.8, 4) is 0 Å². The molecule has 4 atom stereocenters. The number of hydrogen-bond acceptors (Lipinski definition) is 8. The summed E-state index contributed by atoms with van der Waals surface area (Å²) in [5.41, 5.74) is -0.729. The van der Waals surface area contributed by atoms with Gasteiger partial charge in [0.05, 0.1) is 19.3 Å². The van der Waals surface area contributed by atoms with E-state index in [1.54, 1.807) is 55.6 Å². The number of imide groups is 1. The van der Waals surface area contributed by atoms with E-state index in [2.05, 4.69) is 0 Å². The Morgan fingerprint density at radius 3 is 2.00 bits per heavy atom. The zero-order valence-corrected chi connectivity index (χ0v) is 22.0. The molecule has 0 N–H and O–H groups in total. The molecular formula is C26H39NO8. The van der Waals surface area contributed by atoms with Crippen LogP contribution in [0.3, 0.4) is 0 Å². The number of esters is 1. The molecule has 1 fully saturated rings. The van der Waals surface area contributed by atoms with E-state index < -0.39 is 47.6 Å². The number of methoxy groups -OCH3 is 1. The van der Waals surface area contributed by atoms with Gasteiger partial charge in [0.2, 0.25) is 0 Å². The van der Waals surface area contributed by atoms with Crippen LogP contribution in [0.5, 0.6) is 0 Å². The maximum Gasteiger partial charge on any atom is 0.420 e. The number of amides is 2. The van der Waals surface area contributed by atoms with E-state index in [1.165, 1.54) is 0 Å². The highest BCUT2D eigenvalue weighted by molar-refractivity contribution is 5.94. The lowest BCUT2D eigenvalue weighted by Crippen LogP contribution is -2.54. The van der Waals surface area contributed by atoms with Gasteiger partial charge in [-0.05, 0) is 60.5 Å². The van der Waals surface area contributed by atoms with E-state index in [-0.39, 0.29) is 19.1 Å². The lowest BCUT2D eigenvalue weighted by atomic mass is 9.92. The summed E-state index contributed by atoms with van der Waals surface area (Å²) < 4.78 is 28.1. The van der Waals surface area contributed by atoms with Crippen molar-refractivity contribution in [2.45, 2.75) is 84.3 Å². The average Bonchev–Trinajstić information content (AvgIpc) is 2.75. The Bertz CT molecular complexity index is 830. The number of benzene rings is 1. The topological polar surface area (TPSA) is 101 Å². The van der Waals surface area contributed by atoms with Crippen molar-refractivity contribution in [2.75, 3.05) is 20.3 Å². The van der Waals surface area contributed by atoms with Crippen LogP contribution in [0.25, 0.3) is 0 Å². The molecule has 196 valence electrons. The van der Waals surface area contributed by atoms with Crippen LogP contribution in [-0.2, 0) is 34.9 Å². The first kappa shape index (κ1) is 28.6. The second kappa shape index (κ2) is 11.9. The monoisotopic (exact) mass is 493 g/mol. The van der Waals surface area contributed by atoms with E-state index in [0.717, 1.165) is 5.56 Å². The Morgan fingerprint density at radius 2 is 1.51 bits per heavy atom. The molecule has 1 aromatic carbocycles. The fraction of sp³-hybridized carbons (Fsp3) is 0.654. The molecule has 0 radical (unpaired) electrons. The molecule has 1 heterocycles. The van der Waals surface area contributed by atoms with Gasteiger partial charge in [0.1, 0.15) is 17.3 Å². The van der Waals surface area contributed by atoms with Crippen LogP contribution in [0.4, 0.5) is 9.59 Å². The number of ether oxygens (including phenoxy) is 5. The van der Waals surface area contributed by atoms with E-state index in [1.807, 2.05) is 30.3 Å². The molecule has 0 saturated carbocycles. The highest BCUT2D eigenvalue weighted by Crippen LogP contribution is 2.24. The molecule has 0 spiro atoms. The first-order valence-electron chi connectivity index (χ1n) is 11.8. The van der Waals surface area contributed by atoms with Gasteiger partial charge in [0.25, 0.3) is 0 Å². The molecule has 2 rings (SSSR count). The first-order valence-corrected chi connectivity index (χ1v) is 11.8. The second-order valence-electron chi connectivity index (χ2n) is 10.7. The van der Waals surface area contributed by atoms with Crippen molar-refractivity contribution in [2.24, 2.45) is 5.92 Å². The van der Waals surface area contributed by atoms with Gasteiger partial charge in [0, 0.05) is 13.0 Å². The lowest BCUT2D eigenvalue weighted by Gasteiger charge is -2.32. The van der Waals surface area contributed by atoms with E-state index in [4.69, 9.17) is 23.7 Å². The summed E-state index contributed by atoms with van der Waals surface area (Å²) in [4.78, 5) is 39.9. The van der Waals surface area contributed by atoms with Crippen LogP contribution in [-0.4, -0.2) is 72.8 Å². The molecule has 0 unspecified atom stereocenters. The summed E-state index contributed by atoms with van der Waals surface area (Å²) in [6, 6.07) is 8.46. The highest BCUT2D eigenvalue weighted by atomic mass is 16.6. The molecule has 1 aromatic rings. The number of hydrogen-bond donors (Lipinski definition) is 0. The summed E-state index contributed by atoms with van der Waals surface area (Å²) in [5, 5.41) is 0. The normalized spacial score (nSPS) is 23.8. The van der Waals surface area contributed by atoms with Gasteiger partial charge in [-0.1, -0.05) is 30.3 Å². The third-order valence-corrected chi connectivity index (χ3v) is 5.21. The van der Waals surface area contributed by atoms with Crippen LogP contribution in [0.15, 0.2) is 30.3 Å². The molecule has 1 aliphatic heterocycles. The highest BCUT2D eigenvalue weighted by Gasteiger charge is 2.44. The molecule has 1 saturated heterocycles. The van der Waals surface area contributed by atoms with E-state index in [0.29, 0.717) is 11.3 Å². The molecule has 9 heteroatoms. The SMILES string of the molecule is CO[C@@H]1[C@@H](Cc2ccccc2)COC[C@H](N(C(=O)OC(C)(C)C)C(=O)OC(C)(C)C)C(=O)O[C@H]1C. The van der Waals surface area contributed by atoms with Gasteiger partial charge in [-0.25, -0.2) is 14.4 Å². The minimum Gasteiger partial charge on any atom is -0.458 e. The number of carbonyl (C=O) groups is 3. The molecule has 1 aliphatic rings. The Kier molecular flexibility index (Phi) is 9.68. The number of rotatable bonds is 4. The predicted octanol–water partition coefficient (Wildman–Crippen LogP) is 4.36. The average molecular weight is 494 g/mol. The number of cyclic esters (lactones) is 1. The van der Waals surface area contributed by atoms with Gasteiger partial charge in [-0.3, -0.25) is 0 Å². The third kappa shape index (κ3) is 8.81. The molecular weight excluding hydrogens is 454 g/mol. The zero-order chi connectivity index (χ0) is 26.4. The molecule has 0 aliphatic carbocycles. The molecule has 0 aromatic heterocycles. The molecule has 35 heavy (non-hydrogen) atoms.